The molecule has 1 aliphatic rings. The van der Waals surface area contributed by atoms with Gasteiger partial charge in [0.1, 0.15) is 0 Å². The summed E-state index contributed by atoms with van der Waals surface area (Å²) in [5.41, 5.74) is 6.55. The van der Waals surface area contributed by atoms with Crippen molar-refractivity contribution in [2.45, 2.75) is 18.4 Å². The van der Waals surface area contributed by atoms with Crippen LogP contribution in [0.3, 0.4) is 0 Å². The van der Waals surface area contributed by atoms with Gasteiger partial charge in [-0.2, -0.15) is 0 Å². The molecule has 3 nitrogen and oxygen atoms in total. The maximum atomic E-state index is 10.4. The smallest absolute Gasteiger partial charge is 0.0960 e. The van der Waals surface area contributed by atoms with Gasteiger partial charge >= 0.3 is 0 Å². The minimum absolute atomic E-state index is 0.602. The monoisotopic (exact) mass is 193 g/mol. The molecule has 1 saturated heterocycles. The maximum Gasteiger partial charge on any atom is 0.0960 e. The number of ether oxygens (including phenoxy) is 1. The third kappa shape index (κ3) is 1.61. The van der Waals surface area contributed by atoms with Crippen LogP contribution in [0.25, 0.3) is 0 Å². The van der Waals surface area contributed by atoms with Crippen LogP contribution in [0.1, 0.15) is 18.4 Å². The van der Waals surface area contributed by atoms with Crippen molar-refractivity contribution in [3.8, 4) is 0 Å². The maximum absolute atomic E-state index is 10.4. The van der Waals surface area contributed by atoms with Crippen molar-refractivity contribution < 1.29 is 9.84 Å². The summed E-state index contributed by atoms with van der Waals surface area (Å²) in [5, 5.41) is 10.4. The minimum Gasteiger partial charge on any atom is -0.398 e. The Morgan fingerprint density at radius 1 is 1.21 bits per heavy atom. The molecule has 0 amide bonds. The van der Waals surface area contributed by atoms with Gasteiger partial charge in [-0.25, -0.2) is 0 Å². The van der Waals surface area contributed by atoms with E-state index in [1.807, 2.05) is 24.3 Å². The lowest BCUT2D eigenvalue weighted by Gasteiger charge is -2.33. The molecule has 1 fully saturated rings. The van der Waals surface area contributed by atoms with Crippen molar-refractivity contribution in [1.82, 2.24) is 0 Å². The summed E-state index contributed by atoms with van der Waals surface area (Å²) in [4.78, 5) is 0. The number of para-hydroxylation sites is 1. The highest BCUT2D eigenvalue weighted by Crippen LogP contribution is 2.34. The molecule has 0 aromatic heterocycles. The van der Waals surface area contributed by atoms with E-state index in [2.05, 4.69) is 0 Å². The molecule has 0 aliphatic carbocycles. The summed E-state index contributed by atoms with van der Waals surface area (Å²) in [5.74, 6) is 0. The van der Waals surface area contributed by atoms with Crippen LogP contribution in [0.4, 0.5) is 5.69 Å². The van der Waals surface area contributed by atoms with E-state index in [1.54, 1.807) is 0 Å². The van der Waals surface area contributed by atoms with Crippen LogP contribution in [0.15, 0.2) is 24.3 Å². The zero-order valence-corrected chi connectivity index (χ0v) is 8.07. The van der Waals surface area contributed by atoms with Crippen molar-refractivity contribution in [3.63, 3.8) is 0 Å². The summed E-state index contributed by atoms with van der Waals surface area (Å²) < 4.78 is 5.23. The first-order chi connectivity index (χ1) is 6.72. The zero-order chi connectivity index (χ0) is 10.0. The van der Waals surface area contributed by atoms with Crippen LogP contribution in [-0.2, 0) is 10.3 Å². The van der Waals surface area contributed by atoms with E-state index < -0.39 is 5.60 Å². The lowest BCUT2D eigenvalue weighted by Crippen LogP contribution is -2.34. The second-order valence-corrected chi connectivity index (χ2v) is 3.73. The van der Waals surface area contributed by atoms with Gasteiger partial charge in [-0.05, 0) is 6.07 Å². The van der Waals surface area contributed by atoms with E-state index in [9.17, 15) is 5.11 Å². The quantitative estimate of drug-likeness (QED) is 0.660. The van der Waals surface area contributed by atoms with E-state index in [0.29, 0.717) is 31.7 Å². The summed E-state index contributed by atoms with van der Waals surface area (Å²) in [6, 6.07) is 7.49. The van der Waals surface area contributed by atoms with Gasteiger partial charge in [-0.3, -0.25) is 0 Å². The second kappa shape index (κ2) is 3.59. The third-order valence-corrected chi connectivity index (χ3v) is 2.78. The number of nitrogens with two attached hydrogens (primary N) is 1. The van der Waals surface area contributed by atoms with Gasteiger partial charge in [0.25, 0.3) is 0 Å². The van der Waals surface area contributed by atoms with Crippen LogP contribution in [0, 0.1) is 0 Å². The predicted octanol–water partition coefficient (Wildman–Crippen LogP) is 1.27. The Hall–Kier alpha value is -1.06. The number of benzene rings is 1. The number of hydrogen-bond acceptors (Lipinski definition) is 3. The minimum atomic E-state index is -0.788. The molecule has 0 spiro atoms. The lowest BCUT2D eigenvalue weighted by atomic mass is 9.85. The highest BCUT2D eigenvalue weighted by Gasteiger charge is 2.32. The van der Waals surface area contributed by atoms with Gasteiger partial charge in [0.2, 0.25) is 0 Å². The summed E-state index contributed by atoms with van der Waals surface area (Å²) in [7, 11) is 0. The molecule has 1 aliphatic heterocycles. The van der Waals surface area contributed by atoms with Gasteiger partial charge in [0.05, 0.1) is 5.60 Å². The average molecular weight is 193 g/mol. The van der Waals surface area contributed by atoms with E-state index >= 15 is 0 Å². The third-order valence-electron chi connectivity index (χ3n) is 2.78. The van der Waals surface area contributed by atoms with Gasteiger partial charge < -0.3 is 15.6 Å². The molecule has 0 unspecified atom stereocenters. The van der Waals surface area contributed by atoms with E-state index in [4.69, 9.17) is 10.5 Å². The Balaban J connectivity index is 2.32. The fourth-order valence-corrected chi connectivity index (χ4v) is 1.90. The molecule has 1 aromatic rings. The topological polar surface area (TPSA) is 55.5 Å². The Labute approximate surface area is 83.5 Å². The second-order valence-electron chi connectivity index (χ2n) is 3.73. The molecular formula is C11H15NO2. The molecule has 0 saturated carbocycles. The molecule has 1 aromatic carbocycles. The van der Waals surface area contributed by atoms with Crippen molar-refractivity contribution in [1.29, 1.82) is 0 Å². The predicted molar refractivity (Wildman–Crippen MR) is 54.8 cm³/mol. The standard InChI is InChI=1S/C11H15NO2/c12-10-4-2-1-3-9(10)11(13)5-7-14-8-6-11/h1-4,13H,5-8,12H2. The zero-order valence-electron chi connectivity index (χ0n) is 8.07. The van der Waals surface area contributed by atoms with E-state index in [0.717, 1.165) is 5.56 Å². The van der Waals surface area contributed by atoms with Gasteiger partial charge in [-0.1, -0.05) is 18.2 Å². The summed E-state index contributed by atoms with van der Waals surface area (Å²) in [6.45, 7) is 1.20. The molecule has 0 bridgehead atoms. The van der Waals surface area contributed by atoms with E-state index in [1.165, 1.54) is 0 Å². The fraction of sp³-hybridized carbons (Fsp3) is 0.455. The first-order valence-corrected chi connectivity index (χ1v) is 4.87. The first-order valence-electron chi connectivity index (χ1n) is 4.87. The van der Waals surface area contributed by atoms with Gasteiger partial charge in [0.15, 0.2) is 0 Å². The molecular weight excluding hydrogens is 178 g/mol. The highest BCUT2D eigenvalue weighted by atomic mass is 16.5. The van der Waals surface area contributed by atoms with Gasteiger partial charge in [-0.15, -0.1) is 0 Å². The highest BCUT2D eigenvalue weighted by molar-refractivity contribution is 5.49. The van der Waals surface area contributed by atoms with Crippen molar-refractivity contribution in [2.24, 2.45) is 0 Å². The SMILES string of the molecule is Nc1ccccc1C1(O)CCOCC1. The number of anilines is 1. The Morgan fingerprint density at radius 2 is 1.86 bits per heavy atom. The van der Waals surface area contributed by atoms with Crippen LogP contribution in [0.2, 0.25) is 0 Å². The number of aliphatic hydroxyl groups is 1. The number of hydrogen-bond donors (Lipinski definition) is 2. The molecule has 1 heterocycles. The molecule has 0 atom stereocenters. The Bertz CT molecular complexity index is 319. The summed E-state index contributed by atoms with van der Waals surface area (Å²) in [6.07, 6.45) is 1.25. The van der Waals surface area contributed by atoms with Crippen LogP contribution < -0.4 is 5.73 Å². The molecule has 14 heavy (non-hydrogen) atoms. The number of nitrogen functional groups attached to an aromatic ring is 1. The fourth-order valence-electron chi connectivity index (χ4n) is 1.90. The average Bonchev–Trinajstić information content (AvgIpc) is 2.19. The van der Waals surface area contributed by atoms with Gasteiger partial charge in [0, 0.05) is 37.3 Å². The molecule has 0 radical (unpaired) electrons. The molecule has 2 rings (SSSR count). The van der Waals surface area contributed by atoms with Crippen molar-refractivity contribution >= 4 is 5.69 Å². The van der Waals surface area contributed by atoms with E-state index in [-0.39, 0.29) is 0 Å². The lowest BCUT2D eigenvalue weighted by molar-refractivity contribution is -0.0674. The largest absolute Gasteiger partial charge is 0.398 e. The molecule has 3 heteroatoms. The molecule has 76 valence electrons. The van der Waals surface area contributed by atoms with Crippen molar-refractivity contribution in [3.05, 3.63) is 29.8 Å². The van der Waals surface area contributed by atoms with Crippen LogP contribution in [-0.4, -0.2) is 18.3 Å². The Kier molecular flexibility index (Phi) is 2.44. The van der Waals surface area contributed by atoms with Crippen LogP contribution in [0.5, 0.6) is 0 Å². The Morgan fingerprint density at radius 3 is 2.50 bits per heavy atom. The molecule has 3 N–H and O–H groups in total. The summed E-state index contributed by atoms with van der Waals surface area (Å²) >= 11 is 0. The normalized spacial score (nSPS) is 20.6. The number of rotatable bonds is 1. The van der Waals surface area contributed by atoms with Crippen molar-refractivity contribution in [2.75, 3.05) is 18.9 Å². The van der Waals surface area contributed by atoms with Crippen LogP contribution >= 0.6 is 0 Å². The first kappa shape index (κ1) is 9.49.